The van der Waals surface area contributed by atoms with Gasteiger partial charge in [-0.2, -0.15) is 0 Å². The molecule has 3 N–H and O–H groups in total. The van der Waals surface area contributed by atoms with Crippen LogP contribution in [-0.4, -0.2) is 51.3 Å². The van der Waals surface area contributed by atoms with E-state index in [2.05, 4.69) is 10.6 Å². The maximum atomic E-state index is 5.37. The maximum absolute atomic E-state index is 5.37. The van der Waals surface area contributed by atoms with Gasteiger partial charge in [-0.25, -0.2) is 0 Å². The number of benzene rings is 1. The van der Waals surface area contributed by atoms with Crippen molar-refractivity contribution in [2.24, 2.45) is 0 Å². The summed E-state index contributed by atoms with van der Waals surface area (Å²) in [5.41, 5.74) is 1.12. The van der Waals surface area contributed by atoms with Crippen LogP contribution in [0.5, 0.6) is 11.5 Å². The highest BCUT2D eigenvalue weighted by atomic mass is 32.1. The predicted molar refractivity (Wildman–Crippen MR) is 86.4 cm³/mol. The van der Waals surface area contributed by atoms with E-state index in [0.717, 1.165) is 56.5 Å². The Kier molecular flexibility index (Phi) is 5.31. The van der Waals surface area contributed by atoms with Crippen LogP contribution in [0.3, 0.4) is 0 Å². The Hall–Kier alpha value is -1.57. The van der Waals surface area contributed by atoms with E-state index >= 15 is 0 Å². The second kappa shape index (κ2) is 7.62. The highest BCUT2D eigenvalue weighted by Gasteiger charge is 2.14. The summed E-state index contributed by atoms with van der Waals surface area (Å²) < 4.78 is 16.0. The van der Waals surface area contributed by atoms with Crippen molar-refractivity contribution in [1.82, 2.24) is 10.6 Å². The Morgan fingerprint density at radius 2 is 1.95 bits per heavy atom. The third-order valence-corrected chi connectivity index (χ3v) is 4.14. The van der Waals surface area contributed by atoms with Gasteiger partial charge >= 0.3 is 0 Å². The number of fused-ring (bicyclic) bond motifs is 1. The quantitative estimate of drug-likeness (QED) is 0.623. The Labute approximate surface area is 135 Å². The van der Waals surface area contributed by atoms with E-state index in [-0.39, 0.29) is 0 Å². The van der Waals surface area contributed by atoms with E-state index in [1.165, 1.54) is 0 Å². The first-order valence-corrected chi connectivity index (χ1v) is 8.03. The zero-order valence-corrected chi connectivity index (χ0v) is 13.3. The number of thiocarbonyl (C=S) groups is 1. The molecule has 0 radical (unpaired) electrons. The van der Waals surface area contributed by atoms with Crippen molar-refractivity contribution >= 4 is 17.3 Å². The molecule has 1 saturated heterocycles. The molecule has 1 aromatic carbocycles. The lowest BCUT2D eigenvalue weighted by Gasteiger charge is -2.24. The van der Waals surface area contributed by atoms with Crippen molar-refractivity contribution in [2.75, 3.05) is 46.2 Å². The lowest BCUT2D eigenvalue weighted by atomic mass is 10.2. The molecule has 0 unspecified atom stereocenters. The van der Waals surface area contributed by atoms with Gasteiger partial charge in [0.25, 0.3) is 0 Å². The smallest absolute Gasteiger partial charge is 0.231 e. The fourth-order valence-electron chi connectivity index (χ4n) is 2.56. The molecule has 2 aliphatic heterocycles. The van der Waals surface area contributed by atoms with Crippen LogP contribution in [0.25, 0.3) is 0 Å². The van der Waals surface area contributed by atoms with Gasteiger partial charge in [0.1, 0.15) is 13.1 Å². The van der Waals surface area contributed by atoms with Gasteiger partial charge in [-0.3, -0.25) is 0 Å². The van der Waals surface area contributed by atoms with Crippen molar-refractivity contribution in [2.45, 2.75) is 6.54 Å². The molecule has 2 heterocycles. The third kappa shape index (κ3) is 4.22. The molecule has 0 bridgehead atoms. The van der Waals surface area contributed by atoms with E-state index in [0.29, 0.717) is 18.5 Å². The zero-order chi connectivity index (χ0) is 15.2. The average molecular weight is 324 g/mol. The summed E-state index contributed by atoms with van der Waals surface area (Å²) in [5.74, 6) is 1.60. The summed E-state index contributed by atoms with van der Waals surface area (Å²) >= 11 is 5.31. The van der Waals surface area contributed by atoms with E-state index < -0.39 is 0 Å². The normalized spacial score (nSPS) is 17.3. The highest BCUT2D eigenvalue weighted by molar-refractivity contribution is 7.80. The number of quaternary nitrogens is 1. The predicted octanol–water partition coefficient (Wildman–Crippen LogP) is -0.705. The molecule has 0 aliphatic carbocycles. The van der Waals surface area contributed by atoms with Gasteiger partial charge in [0.05, 0.1) is 26.3 Å². The number of morpholine rings is 1. The molecule has 1 fully saturated rings. The number of rotatable bonds is 5. The van der Waals surface area contributed by atoms with Crippen LogP contribution < -0.4 is 25.0 Å². The van der Waals surface area contributed by atoms with Crippen LogP contribution in [0.1, 0.15) is 5.56 Å². The van der Waals surface area contributed by atoms with E-state index in [1.54, 1.807) is 4.90 Å². The minimum absolute atomic E-state index is 0.302. The summed E-state index contributed by atoms with van der Waals surface area (Å²) in [6.07, 6.45) is 0. The number of ether oxygens (including phenoxy) is 3. The van der Waals surface area contributed by atoms with Crippen LogP contribution in [0.4, 0.5) is 0 Å². The minimum Gasteiger partial charge on any atom is -0.454 e. The summed E-state index contributed by atoms with van der Waals surface area (Å²) in [4.78, 5) is 1.57. The van der Waals surface area contributed by atoms with Crippen molar-refractivity contribution in [3.05, 3.63) is 23.8 Å². The molecule has 7 heteroatoms. The fraction of sp³-hybridized carbons (Fsp3) is 0.533. The second-order valence-electron chi connectivity index (χ2n) is 5.41. The molecule has 0 amide bonds. The Balaban J connectivity index is 1.35. The summed E-state index contributed by atoms with van der Waals surface area (Å²) in [5, 5.41) is 7.16. The highest BCUT2D eigenvalue weighted by Crippen LogP contribution is 2.32. The summed E-state index contributed by atoms with van der Waals surface area (Å²) in [6, 6.07) is 5.93. The van der Waals surface area contributed by atoms with Gasteiger partial charge in [0.2, 0.25) is 6.79 Å². The summed E-state index contributed by atoms with van der Waals surface area (Å²) in [7, 11) is 0. The van der Waals surface area contributed by atoms with Crippen molar-refractivity contribution in [3.63, 3.8) is 0 Å². The number of hydrogen-bond acceptors (Lipinski definition) is 4. The Morgan fingerprint density at radius 1 is 1.14 bits per heavy atom. The SMILES string of the molecule is S=C(NCC[NH+]1CCOCC1)NCc1ccc2c(c1)OCO2. The minimum atomic E-state index is 0.302. The van der Waals surface area contributed by atoms with E-state index in [1.807, 2.05) is 18.2 Å². The van der Waals surface area contributed by atoms with Gasteiger partial charge in [-0.15, -0.1) is 0 Å². The van der Waals surface area contributed by atoms with Crippen LogP contribution in [0, 0.1) is 0 Å². The Morgan fingerprint density at radius 3 is 2.82 bits per heavy atom. The molecule has 6 nitrogen and oxygen atoms in total. The first kappa shape index (κ1) is 15.3. The van der Waals surface area contributed by atoms with Crippen LogP contribution >= 0.6 is 12.2 Å². The molecule has 0 aromatic heterocycles. The zero-order valence-electron chi connectivity index (χ0n) is 12.5. The van der Waals surface area contributed by atoms with Crippen molar-refractivity contribution < 1.29 is 19.1 Å². The summed E-state index contributed by atoms with van der Waals surface area (Å²) in [6.45, 7) is 6.81. The largest absolute Gasteiger partial charge is 0.454 e. The average Bonchev–Trinajstić information content (AvgIpc) is 3.01. The first-order valence-electron chi connectivity index (χ1n) is 7.63. The topological polar surface area (TPSA) is 56.2 Å². The second-order valence-corrected chi connectivity index (χ2v) is 5.82. The van der Waals surface area contributed by atoms with Crippen LogP contribution in [0.2, 0.25) is 0 Å². The monoisotopic (exact) mass is 324 g/mol. The van der Waals surface area contributed by atoms with Gasteiger partial charge in [0, 0.05) is 6.54 Å². The number of nitrogens with one attached hydrogen (secondary N) is 3. The lowest BCUT2D eigenvalue weighted by Crippen LogP contribution is -3.14. The van der Waals surface area contributed by atoms with E-state index in [4.69, 9.17) is 26.4 Å². The lowest BCUT2D eigenvalue weighted by molar-refractivity contribution is -0.906. The molecular formula is C15H22N3O3S+. The molecule has 0 saturated carbocycles. The Bertz CT molecular complexity index is 521. The van der Waals surface area contributed by atoms with Crippen LogP contribution in [0.15, 0.2) is 18.2 Å². The van der Waals surface area contributed by atoms with Crippen molar-refractivity contribution in [3.8, 4) is 11.5 Å². The van der Waals surface area contributed by atoms with Gasteiger partial charge in [0.15, 0.2) is 16.6 Å². The molecule has 1 aromatic rings. The molecule has 2 aliphatic rings. The van der Waals surface area contributed by atoms with Gasteiger partial charge in [-0.1, -0.05) is 6.07 Å². The van der Waals surface area contributed by atoms with Gasteiger partial charge < -0.3 is 29.7 Å². The molecule has 120 valence electrons. The third-order valence-electron chi connectivity index (χ3n) is 3.85. The number of hydrogen-bond donors (Lipinski definition) is 3. The van der Waals surface area contributed by atoms with Crippen LogP contribution in [-0.2, 0) is 11.3 Å². The maximum Gasteiger partial charge on any atom is 0.231 e. The molecule has 22 heavy (non-hydrogen) atoms. The van der Waals surface area contributed by atoms with Gasteiger partial charge in [-0.05, 0) is 29.9 Å². The molecule has 3 rings (SSSR count). The molecule has 0 spiro atoms. The molecule has 0 atom stereocenters. The van der Waals surface area contributed by atoms with Crippen molar-refractivity contribution in [1.29, 1.82) is 0 Å². The van der Waals surface area contributed by atoms with E-state index in [9.17, 15) is 0 Å². The molecular weight excluding hydrogens is 302 g/mol. The first-order chi connectivity index (χ1) is 10.8. The standard InChI is InChI=1S/C15H21N3O3S/c22-15(16-3-4-18-5-7-19-8-6-18)17-10-12-1-2-13-14(9-12)21-11-20-13/h1-2,9H,3-8,10-11H2,(H2,16,17,22)/p+1. The fourth-order valence-corrected chi connectivity index (χ4v) is 2.73.